The summed E-state index contributed by atoms with van der Waals surface area (Å²) in [5.74, 6) is 0.335. The van der Waals surface area contributed by atoms with Gasteiger partial charge in [-0.25, -0.2) is 14.8 Å². The quantitative estimate of drug-likeness (QED) is 0.589. The number of carbonyl (C=O) groups excluding carboxylic acids is 1. The molecule has 128 valence electrons. The van der Waals surface area contributed by atoms with Crippen LogP contribution in [-0.4, -0.2) is 29.2 Å². The maximum Gasteiger partial charge on any atom is 0.357 e. The van der Waals surface area contributed by atoms with Gasteiger partial charge in [-0.05, 0) is 43.7 Å². The van der Waals surface area contributed by atoms with Gasteiger partial charge in [-0.1, -0.05) is 19.8 Å². The maximum absolute atomic E-state index is 11.8. The first-order valence-corrected chi connectivity index (χ1v) is 8.19. The Labute approximate surface area is 142 Å². The van der Waals surface area contributed by atoms with Crippen molar-refractivity contribution < 1.29 is 14.3 Å². The second-order valence-corrected chi connectivity index (χ2v) is 5.30. The molecule has 0 aliphatic carbocycles. The average Bonchev–Trinajstić information content (AvgIpc) is 2.59. The van der Waals surface area contributed by atoms with Gasteiger partial charge in [0.15, 0.2) is 5.69 Å². The van der Waals surface area contributed by atoms with Gasteiger partial charge >= 0.3 is 5.97 Å². The Morgan fingerprint density at radius 2 is 1.88 bits per heavy atom. The van der Waals surface area contributed by atoms with E-state index in [2.05, 4.69) is 16.9 Å². The predicted molar refractivity (Wildman–Crippen MR) is 92.9 cm³/mol. The summed E-state index contributed by atoms with van der Waals surface area (Å²) in [6.45, 7) is 4.89. The van der Waals surface area contributed by atoms with Crippen molar-refractivity contribution in [2.24, 2.45) is 0 Å². The highest BCUT2D eigenvalue weighted by molar-refractivity contribution is 5.88. The number of anilines is 1. The molecule has 1 aromatic heterocycles. The number of aromatic nitrogens is 2. The summed E-state index contributed by atoms with van der Waals surface area (Å²) in [5, 5.41) is 0. The highest BCUT2D eigenvalue weighted by Gasteiger charge is 2.12. The molecule has 1 aromatic carbocycles. The third-order valence-corrected chi connectivity index (χ3v) is 3.39. The van der Waals surface area contributed by atoms with E-state index in [0.717, 1.165) is 24.2 Å². The van der Waals surface area contributed by atoms with Crippen LogP contribution in [0.3, 0.4) is 0 Å². The molecule has 0 unspecified atom stereocenters. The Hall–Kier alpha value is -2.63. The topological polar surface area (TPSA) is 87.3 Å². The van der Waals surface area contributed by atoms with Gasteiger partial charge in [-0.2, -0.15) is 0 Å². The van der Waals surface area contributed by atoms with Crippen molar-refractivity contribution in [3.05, 3.63) is 36.0 Å². The number of hydrogen-bond acceptors (Lipinski definition) is 6. The highest BCUT2D eigenvalue weighted by Crippen LogP contribution is 2.22. The fourth-order valence-corrected chi connectivity index (χ4v) is 2.19. The van der Waals surface area contributed by atoms with E-state index in [1.165, 1.54) is 6.42 Å². The summed E-state index contributed by atoms with van der Waals surface area (Å²) in [6.07, 6.45) is 3.37. The highest BCUT2D eigenvalue weighted by atomic mass is 16.5. The molecule has 0 fully saturated rings. The molecule has 0 radical (unpaired) electrons. The summed E-state index contributed by atoms with van der Waals surface area (Å²) in [7, 11) is 0. The van der Waals surface area contributed by atoms with Gasteiger partial charge in [0.25, 0.3) is 0 Å². The number of benzene rings is 1. The Bertz CT molecular complexity index is 672. The lowest BCUT2D eigenvalue weighted by atomic mass is 10.1. The minimum absolute atomic E-state index is 0.0374. The van der Waals surface area contributed by atoms with Gasteiger partial charge in [-0.3, -0.25) is 0 Å². The molecule has 0 saturated carbocycles. The van der Waals surface area contributed by atoms with Crippen LogP contribution in [0.5, 0.6) is 5.75 Å². The standard InChI is InChI=1S/C18H23N3O3/c1-3-5-6-11-24-14-9-7-13(8-10-14)15-12-16(17(22)23-4-2)21-18(19)20-15/h7-10,12H,3-6,11H2,1-2H3,(H2,19,20,21). The minimum Gasteiger partial charge on any atom is -0.494 e. The number of nitrogens with zero attached hydrogens (tertiary/aromatic N) is 2. The zero-order valence-corrected chi connectivity index (χ0v) is 14.1. The van der Waals surface area contributed by atoms with E-state index in [0.29, 0.717) is 12.3 Å². The molecule has 24 heavy (non-hydrogen) atoms. The van der Waals surface area contributed by atoms with E-state index in [-0.39, 0.29) is 18.2 Å². The van der Waals surface area contributed by atoms with Crippen molar-refractivity contribution in [1.82, 2.24) is 9.97 Å². The first-order chi connectivity index (χ1) is 11.6. The molecule has 0 aliphatic rings. The van der Waals surface area contributed by atoms with E-state index in [1.807, 2.05) is 24.3 Å². The largest absolute Gasteiger partial charge is 0.494 e. The van der Waals surface area contributed by atoms with Gasteiger partial charge in [0.1, 0.15) is 5.75 Å². The SMILES string of the molecule is CCCCCOc1ccc(-c2cc(C(=O)OCC)nc(N)n2)cc1. The van der Waals surface area contributed by atoms with Gasteiger partial charge in [0, 0.05) is 5.56 Å². The van der Waals surface area contributed by atoms with Gasteiger partial charge < -0.3 is 15.2 Å². The van der Waals surface area contributed by atoms with Crippen LogP contribution in [-0.2, 0) is 4.74 Å². The van der Waals surface area contributed by atoms with Crippen molar-refractivity contribution in [2.75, 3.05) is 18.9 Å². The number of esters is 1. The smallest absolute Gasteiger partial charge is 0.357 e. The second kappa shape index (κ2) is 8.86. The molecule has 2 rings (SSSR count). The zero-order valence-electron chi connectivity index (χ0n) is 14.1. The number of rotatable bonds is 8. The van der Waals surface area contributed by atoms with Crippen LogP contribution < -0.4 is 10.5 Å². The molecule has 0 amide bonds. The maximum atomic E-state index is 11.8. The van der Waals surface area contributed by atoms with E-state index < -0.39 is 5.97 Å². The van der Waals surface area contributed by atoms with E-state index >= 15 is 0 Å². The van der Waals surface area contributed by atoms with Crippen molar-refractivity contribution in [3.8, 4) is 17.0 Å². The lowest BCUT2D eigenvalue weighted by Gasteiger charge is -2.08. The number of ether oxygens (including phenoxy) is 2. The van der Waals surface area contributed by atoms with Crippen LogP contribution in [0, 0.1) is 0 Å². The molecule has 2 N–H and O–H groups in total. The van der Waals surface area contributed by atoms with Crippen molar-refractivity contribution >= 4 is 11.9 Å². The Morgan fingerprint density at radius 3 is 2.54 bits per heavy atom. The minimum atomic E-state index is -0.510. The van der Waals surface area contributed by atoms with Gasteiger partial charge in [0.2, 0.25) is 5.95 Å². The summed E-state index contributed by atoms with van der Waals surface area (Å²) in [6, 6.07) is 9.09. The third kappa shape index (κ3) is 4.94. The van der Waals surface area contributed by atoms with Crippen LogP contribution in [0.25, 0.3) is 11.3 Å². The van der Waals surface area contributed by atoms with Crippen LogP contribution in [0.15, 0.2) is 30.3 Å². The molecule has 6 nitrogen and oxygen atoms in total. The van der Waals surface area contributed by atoms with Gasteiger partial charge in [0.05, 0.1) is 18.9 Å². The molecule has 2 aromatic rings. The molecule has 0 bridgehead atoms. The molecular weight excluding hydrogens is 306 g/mol. The summed E-state index contributed by atoms with van der Waals surface area (Å²) >= 11 is 0. The fraction of sp³-hybridized carbons (Fsp3) is 0.389. The summed E-state index contributed by atoms with van der Waals surface area (Å²) < 4.78 is 10.6. The second-order valence-electron chi connectivity index (χ2n) is 5.30. The molecule has 0 saturated heterocycles. The molecule has 6 heteroatoms. The summed E-state index contributed by atoms with van der Waals surface area (Å²) in [5.41, 5.74) is 7.25. The number of nitrogens with two attached hydrogens (primary N) is 1. The Kier molecular flexibility index (Phi) is 6.54. The van der Waals surface area contributed by atoms with Crippen LogP contribution >= 0.6 is 0 Å². The Balaban J connectivity index is 2.12. The number of hydrogen-bond donors (Lipinski definition) is 1. The number of carbonyl (C=O) groups is 1. The number of nitrogen functional groups attached to an aromatic ring is 1. The van der Waals surface area contributed by atoms with Crippen molar-refractivity contribution in [1.29, 1.82) is 0 Å². The first-order valence-electron chi connectivity index (χ1n) is 8.19. The molecular formula is C18H23N3O3. The summed E-state index contributed by atoms with van der Waals surface area (Å²) in [4.78, 5) is 19.9. The zero-order chi connectivity index (χ0) is 17.4. The van der Waals surface area contributed by atoms with E-state index in [1.54, 1.807) is 13.0 Å². The molecule has 0 atom stereocenters. The molecule has 0 spiro atoms. The van der Waals surface area contributed by atoms with Crippen molar-refractivity contribution in [3.63, 3.8) is 0 Å². The van der Waals surface area contributed by atoms with E-state index in [9.17, 15) is 4.79 Å². The Morgan fingerprint density at radius 1 is 1.12 bits per heavy atom. The van der Waals surface area contributed by atoms with Crippen molar-refractivity contribution in [2.45, 2.75) is 33.1 Å². The molecule has 0 aliphatic heterocycles. The molecule has 1 heterocycles. The third-order valence-electron chi connectivity index (χ3n) is 3.39. The average molecular weight is 329 g/mol. The predicted octanol–water partition coefficient (Wildman–Crippen LogP) is 3.47. The van der Waals surface area contributed by atoms with Crippen LogP contribution in [0.2, 0.25) is 0 Å². The lowest BCUT2D eigenvalue weighted by molar-refractivity contribution is 0.0519. The fourth-order valence-electron chi connectivity index (χ4n) is 2.19. The van der Waals surface area contributed by atoms with Crippen LogP contribution in [0.1, 0.15) is 43.6 Å². The number of unbranched alkanes of at least 4 members (excludes halogenated alkanes) is 2. The normalized spacial score (nSPS) is 10.4. The van der Waals surface area contributed by atoms with Crippen LogP contribution in [0.4, 0.5) is 5.95 Å². The first kappa shape index (κ1) is 17.7. The van der Waals surface area contributed by atoms with Gasteiger partial charge in [-0.15, -0.1) is 0 Å². The monoisotopic (exact) mass is 329 g/mol. The lowest BCUT2D eigenvalue weighted by Crippen LogP contribution is -2.10. The van der Waals surface area contributed by atoms with E-state index in [4.69, 9.17) is 15.2 Å².